The molecule has 6 heteroatoms. The first kappa shape index (κ1) is 14.3. The Kier molecular flexibility index (Phi) is 4.97. The number of carbonyl (C=O) groups is 2. The number of carboxylic acid groups (broad SMARTS) is 1. The Morgan fingerprint density at radius 1 is 1.44 bits per heavy atom. The fraction of sp³-hybridized carbons (Fsp3) is 0.333. The molecule has 0 heterocycles. The molecule has 98 valence electrons. The molecule has 1 aromatic carbocycles. The SMILES string of the molecule is CCC(CC(=O)O)NC(=O)c1cc(Cl)ccc1O. The first-order chi connectivity index (χ1) is 8.43. The molecule has 0 aliphatic rings. The van der Waals surface area contributed by atoms with Crippen molar-refractivity contribution in [2.24, 2.45) is 0 Å². The van der Waals surface area contributed by atoms with Gasteiger partial charge in [0.15, 0.2) is 0 Å². The number of halogens is 1. The van der Waals surface area contributed by atoms with Crippen molar-refractivity contribution in [3.05, 3.63) is 28.8 Å². The van der Waals surface area contributed by atoms with E-state index in [1.165, 1.54) is 18.2 Å². The third-order valence-corrected chi connectivity index (χ3v) is 2.69. The molecule has 0 aliphatic heterocycles. The molecule has 1 amide bonds. The van der Waals surface area contributed by atoms with Crippen molar-refractivity contribution < 1.29 is 19.8 Å². The highest BCUT2D eigenvalue weighted by atomic mass is 35.5. The smallest absolute Gasteiger partial charge is 0.305 e. The second kappa shape index (κ2) is 6.26. The lowest BCUT2D eigenvalue weighted by atomic mass is 10.1. The molecule has 0 saturated carbocycles. The molecule has 0 aliphatic carbocycles. The molecule has 1 rings (SSSR count). The van der Waals surface area contributed by atoms with Crippen molar-refractivity contribution in [3.63, 3.8) is 0 Å². The average Bonchev–Trinajstić information content (AvgIpc) is 2.30. The molecule has 0 saturated heterocycles. The minimum atomic E-state index is -0.988. The Balaban J connectivity index is 2.80. The molecule has 0 spiro atoms. The van der Waals surface area contributed by atoms with Crippen molar-refractivity contribution in [1.29, 1.82) is 0 Å². The molecule has 0 radical (unpaired) electrons. The van der Waals surface area contributed by atoms with Gasteiger partial charge >= 0.3 is 5.97 Å². The van der Waals surface area contributed by atoms with E-state index in [9.17, 15) is 14.7 Å². The number of aromatic hydroxyl groups is 1. The third kappa shape index (κ3) is 3.92. The highest BCUT2D eigenvalue weighted by Crippen LogP contribution is 2.21. The van der Waals surface area contributed by atoms with E-state index in [2.05, 4.69) is 5.32 Å². The zero-order chi connectivity index (χ0) is 13.7. The molecule has 0 aromatic heterocycles. The number of carbonyl (C=O) groups excluding carboxylic acids is 1. The van der Waals surface area contributed by atoms with Gasteiger partial charge in [0, 0.05) is 11.1 Å². The lowest BCUT2D eigenvalue weighted by molar-refractivity contribution is -0.137. The average molecular weight is 272 g/mol. The maximum Gasteiger partial charge on any atom is 0.305 e. The van der Waals surface area contributed by atoms with Gasteiger partial charge in [0.25, 0.3) is 5.91 Å². The quantitative estimate of drug-likeness (QED) is 0.765. The number of carboxylic acids is 1. The van der Waals surface area contributed by atoms with Gasteiger partial charge in [-0.15, -0.1) is 0 Å². The van der Waals surface area contributed by atoms with E-state index in [4.69, 9.17) is 16.7 Å². The van der Waals surface area contributed by atoms with E-state index in [1.54, 1.807) is 6.92 Å². The molecule has 18 heavy (non-hydrogen) atoms. The normalized spacial score (nSPS) is 11.9. The largest absolute Gasteiger partial charge is 0.507 e. The van der Waals surface area contributed by atoms with Crippen LogP contribution in [0, 0.1) is 0 Å². The van der Waals surface area contributed by atoms with E-state index >= 15 is 0 Å². The van der Waals surface area contributed by atoms with Gasteiger partial charge in [0.2, 0.25) is 0 Å². The van der Waals surface area contributed by atoms with E-state index < -0.39 is 17.9 Å². The Morgan fingerprint density at radius 2 is 2.11 bits per heavy atom. The summed E-state index contributed by atoms with van der Waals surface area (Å²) < 4.78 is 0. The van der Waals surface area contributed by atoms with Gasteiger partial charge < -0.3 is 15.5 Å². The molecule has 1 unspecified atom stereocenters. The first-order valence-corrected chi connectivity index (χ1v) is 5.83. The fourth-order valence-electron chi connectivity index (χ4n) is 1.46. The second-order valence-electron chi connectivity index (χ2n) is 3.84. The standard InChI is InChI=1S/C12H14ClNO4/c1-2-8(6-11(16)17)14-12(18)9-5-7(13)3-4-10(9)15/h3-5,8,15H,2,6H2,1H3,(H,14,18)(H,16,17). The molecule has 3 N–H and O–H groups in total. The van der Waals surface area contributed by atoms with Gasteiger partial charge in [-0.3, -0.25) is 9.59 Å². The van der Waals surface area contributed by atoms with Crippen LogP contribution in [0.25, 0.3) is 0 Å². The maximum atomic E-state index is 11.8. The van der Waals surface area contributed by atoms with E-state index in [0.717, 1.165) is 0 Å². The van der Waals surface area contributed by atoms with Crippen LogP contribution < -0.4 is 5.32 Å². The van der Waals surface area contributed by atoms with Crippen LogP contribution in [0.3, 0.4) is 0 Å². The van der Waals surface area contributed by atoms with Crippen LogP contribution in [0.2, 0.25) is 5.02 Å². The summed E-state index contributed by atoms with van der Waals surface area (Å²) in [5.41, 5.74) is 0.0336. The van der Waals surface area contributed by atoms with Crippen LogP contribution in [0.5, 0.6) is 5.75 Å². The van der Waals surface area contributed by atoms with Crippen molar-refractivity contribution >= 4 is 23.5 Å². The second-order valence-corrected chi connectivity index (χ2v) is 4.27. The van der Waals surface area contributed by atoms with Gasteiger partial charge in [0.05, 0.1) is 12.0 Å². The molecule has 1 atom stereocenters. The number of rotatable bonds is 5. The fourth-order valence-corrected chi connectivity index (χ4v) is 1.63. The molecule has 0 bridgehead atoms. The van der Waals surface area contributed by atoms with E-state index in [1.807, 2.05) is 0 Å². The van der Waals surface area contributed by atoms with Gasteiger partial charge in [-0.1, -0.05) is 18.5 Å². The number of amides is 1. The summed E-state index contributed by atoms with van der Waals surface area (Å²) in [5, 5.41) is 21.1. The molecule has 1 aromatic rings. The Bertz CT molecular complexity index is 461. The monoisotopic (exact) mass is 271 g/mol. The molecule has 0 fully saturated rings. The summed E-state index contributed by atoms with van der Waals surface area (Å²) in [6.07, 6.45) is 0.322. The number of hydrogen-bond acceptors (Lipinski definition) is 3. The predicted molar refractivity (Wildman–Crippen MR) is 66.9 cm³/mol. The summed E-state index contributed by atoms with van der Waals surface area (Å²) >= 11 is 5.73. The predicted octanol–water partition coefficient (Wildman–Crippen LogP) is 2.03. The number of phenolic OH excluding ortho intramolecular Hbond substituents is 1. The van der Waals surface area contributed by atoms with Crippen molar-refractivity contribution in [2.45, 2.75) is 25.8 Å². The summed E-state index contributed by atoms with van der Waals surface area (Å²) in [7, 11) is 0. The summed E-state index contributed by atoms with van der Waals surface area (Å²) in [5.74, 6) is -1.72. The highest BCUT2D eigenvalue weighted by Gasteiger charge is 2.17. The summed E-state index contributed by atoms with van der Waals surface area (Å²) in [4.78, 5) is 22.4. The summed E-state index contributed by atoms with van der Waals surface area (Å²) in [6, 6.07) is 3.63. The van der Waals surface area contributed by atoms with Gasteiger partial charge in [-0.05, 0) is 24.6 Å². The minimum absolute atomic E-state index is 0.0336. The lowest BCUT2D eigenvalue weighted by Gasteiger charge is -2.15. The number of hydrogen-bond donors (Lipinski definition) is 3. The minimum Gasteiger partial charge on any atom is -0.507 e. The zero-order valence-corrected chi connectivity index (χ0v) is 10.6. The van der Waals surface area contributed by atoms with Crippen molar-refractivity contribution in [3.8, 4) is 5.75 Å². The van der Waals surface area contributed by atoms with Crippen LogP contribution in [-0.4, -0.2) is 28.1 Å². The number of benzene rings is 1. The van der Waals surface area contributed by atoms with E-state index in [-0.39, 0.29) is 17.7 Å². The van der Waals surface area contributed by atoms with Gasteiger partial charge in [-0.2, -0.15) is 0 Å². The third-order valence-electron chi connectivity index (χ3n) is 2.45. The van der Waals surface area contributed by atoms with Gasteiger partial charge in [-0.25, -0.2) is 0 Å². The Labute approximate surface area is 109 Å². The number of phenols is 1. The molecular weight excluding hydrogens is 258 g/mol. The first-order valence-electron chi connectivity index (χ1n) is 5.45. The Morgan fingerprint density at radius 3 is 2.67 bits per heavy atom. The summed E-state index contributed by atoms with van der Waals surface area (Å²) in [6.45, 7) is 1.77. The molecule has 5 nitrogen and oxygen atoms in total. The van der Waals surface area contributed by atoms with Crippen molar-refractivity contribution in [1.82, 2.24) is 5.32 Å². The van der Waals surface area contributed by atoms with Crippen LogP contribution >= 0.6 is 11.6 Å². The Hall–Kier alpha value is -1.75. The zero-order valence-electron chi connectivity index (χ0n) is 9.81. The van der Waals surface area contributed by atoms with Crippen LogP contribution in [0.1, 0.15) is 30.1 Å². The number of aliphatic carboxylic acids is 1. The lowest BCUT2D eigenvalue weighted by Crippen LogP contribution is -2.36. The van der Waals surface area contributed by atoms with Crippen LogP contribution in [0.15, 0.2) is 18.2 Å². The van der Waals surface area contributed by atoms with Crippen LogP contribution in [-0.2, 0) is 4.79 Å². The number of nitrogens with one attached hydrogen (secondary N) is 1. The molecular formula is C12H14ClNO4. The van der Waals surface area contributed by atoms with Gasteiger partial charge in [0.1, 0.15) is 5.75 Å². The van der Waals surface area contributed by atoms with Crippen LogP contribution in [0.4, 0.5) is 0 Å². The highest BCUT2D eigenvalue weighted by molar-refractivity contribution is 6.31. The van der Waals surface area contributed by atoms with Crippen molar-refractivity contribution in [2.75, 3.05) is 0 Å². The van der Waals surface area contributed by atoms with E-state index in [0.29, 0.717) is 11.4 Å². The topological polar surface area (TPSA) is 86.6 Å². The maximum absolute atomic E-state index is 11.8.